The molecule has 0 aromatic heterocycles. The van der Waals surface area contributed by atoms with E-state index in [1.807, 2.05) is 90.1 Å². The highest BCUT2D eigenvalue weighted by Crippen LogP contribution is 2.51. The molecule has 0 radical (unpaired) electrons. The summed E-state index contributed by atoms with van der Waals surface area (Å²) in [7, 11) is 0. The van der Waals surface area contributed by atoms with Crippen LogP contribution >= 0.6 is 0 Å². The average Bonchev–Trinajstić information content (AvgIpc) is 1.64. The maximum Gasteiger partial charge on any atom is 0.417 e. The molecule has 11 rings (SSSR count). The molecule has 18 heteroatoms. The van der Waals surface area contributed by atoms with Gasteiger partial charge in [-0.05, 0) is 216 Å². The Morgan fingerprint density at radius 3 is 1.05 bits per heavy atom. The second-order valence-electron chi connectivity index (χ2n) is 22.5. The van der Waals surface area contributed by atoms with Gasteiger partial charge in [0.25, 0.3) is 5.92 Å². The molecule has 93 heavy (non-hydrogen) atoms. The number of rotatable bonds is 0. The molecule has 0 fully saturated rings. The fraction of sp³-hybridized carbons (Fsp3) is 0.227. The molecule has 1 aliphatic carbocycles. The van der Waals surface area contributed by atoms with Crippen LogP contribution in [0, 0.1) is 166 Å². The Balaban J connectivity index is 0.000000199. The van der Waals surface area contributed by atoms with E-state index in [4.69, 9.17) is 10.5 Å². The number of hydrogen-bond acceptors (Lipinski definition) is 2. The Hall–Kier alpha value is -9.42. The van der Waals surface area contributed by atoms with E-state index in [1.165, 1.54) is 39.8 Å². The first-order chi connectivity index (χ1) is 43.2. The zero-order valence-electron chi connectivity index (χ0n) is 53.1. The summed E-state index contributed by atoms with van der Waals surface area (Å²) < 4.78 is 208. The summed E-state index contributed by atoms with van der Waals surface area (Å²) in [6.07, 6.45) is -10.00. The number of alkyl halides is 8. The van der Waals surface area contributed by atoms with Gasteiger partial charge in [0.2, 0.25) is 0 Å². The summed E-state index contributed by atoms with van der Waals surface area (Å²) in [5.74, 6) is -8.72. The molecule has 1 aliphatic rings. The molecule has 486 valence electrons. The zero-order valence-corrected chi connectivity index (χ0v) is 53.1. The Morgan fingerprint density at radius 2 is 0.634 bits per heavy atom. The molecular formula is C75H64F16N2. The lowest BCUT2D eigenvalue weighted by atomic mass is 9.96. The molecule has 0 saturated heterocycles. The molecule has 10 aromatic rings. The fourth-order valence-corrected chi connectivity index (χ4v) is 9.72. The normalized spacial score (nSPS) is 11.6. The van der Waals surface area contributed by atoms with Crippen molar-refractivity contribution in [1.82, 2.24) is 0 Å². The van der Waals surface area contributed by atoms with Gasteiger partial charge in [0.1, 0.15) is 23.8 Å². The highest BCUT2D eigenvalue weighted by atomic mass is 19.4. The molecular weight excluding hydrogens is 1230 g/mol. The van der Waals surface area contributed by atoms with Crippen LogP contribution in [0.5, 0.6) is 0 Å². The predicted octanol–water partition coefficient (Wildman–Crippen LogP) is 23.4. The van der Waals surface area contributed by atoms with Crippen LogP contribution in [0.25, 0.3) is 32.7 Å². The van der Waals surface area contributed by atoms with E-state index in [-0.39, 0.29) is 27.9 Å². The summed E-state index contributed by atoms with van der Waals surface area (Å²) in [5, 5.41) is 18.7. The fourth-order valence-electron chi connectivity index (χ4n) is 9.72. The number of aryl methyl sites for hydroxylation is 14. The van der Waals surface area contributed by atoms with E-state index >= 15 is 0 Å². The monoisotopic (exact) mass is 1300 g/mol. The smallest absolute Gasteiger partial charge is 0.207 e. The van der Waals surface area contributed by atoms with E-state index in [2.05, 4.69) is 0 Å². The van der Waals surface area contributed by atoms with Crippen LogP contribution in [0.1, 0.15) is 111 Å². The topological polar surface area (TPSA) is 47.6 Å². The van der Waals surface area contributed by atoms with Crippen LogP contribution in [0.4, 0.5) is 70.2 Å². The van der Waals surface area contributed by atoms with Crippen molar-refractivity contribution in [3.05, 3.63) is 291 Å². The lowest BCUT2D eigenvalue weighted by Crippen LogP contribution is -2.19. The number of benzene rings is 10. The van der Waals surface area contributed by atoms with Crippen molar-refractivity contribution in [2.75, 3.05) is 0 Å². The van der Waals surface area contributed by atoms with E-state index < -0.39 is 81.2 Å². The van der Waals surface area contributed by atoms with Crippen LogP contribution in [-0.2, 0) is 18.3 Å². The van der Waals surface area contributed by atoms with Gasteiger partial charge in [-0.25, -0.2) is 35.1 Å². The first-order valence-corrected chi connectivity index (χ1v) is 28.5. The summed E-state index contributed by atoms with van der Waals surface area (Å²) in [4.78, 5) is 0. The van der Waals surface area contributed by atoms with Gasteiger partial charge < -0.3 is 0 Å². The standard InChI is InChI=1S/C15H12F2.C12H9F3.C12H10F2.C10H8F6.C10H8N2.C8H8F2.C8H9F/c1-9-3-5-11-12-6-4-10(2)8-14(12)15(16,17)13(11)7-9;1-6-3-4-8-5-7(2)11(14)12(15)9(8)10(6)13;1-7-3-4-9-6-8(2)11(13)12(14)10(9)5-7;1-5-3-4-6(2)8(10(14,15)16)7(5)9(11,12)13;1-7-3-4-8(2)10(6-12)9(7)5-11;1-5-3-4-6(2)8(10)7(5)9;1-6-3-4-7(2)8(9)5-6/h3-8H,1-2H3;3-5H,1-2H3;3-6H,1-2H3;3-4H,1-2H3;3-4H,1-2H3;3-4H,1-2H3;3-5H,1-2H3. The van der Waals surface area contributed by atoms with Crippen molar-refractivity contribution in [2.24, 2.45) is 0 Å². The predicted molar refractivity (Wildman–Crippen MR) is 334 cm³/mol. The second kappa shape index (κ2) is 30.3. The Kier molecular flexibility index (Phi) is 24.2. The number of nitriles is 2. The maximum atomic E-state index is 14.3. The minimum atomic E-state index is -5.00. The summed E-state index contributed by atoms with van der Waals surface area (Å²) >= 11 is 0. The number of hydrogen-bond donors (Lipinski definition) is 0. The van der Waals surface area contributed by atoms with E-state index in [0.717, 1.165) is 64.7 Å². The van der Waals surface area contributed by atoms with Crippen LogP contribution in [0.15, 0.2) is 133 Å². The lowest BCUT2D eigenvalue weighted by molar-refractivity contribution is -0.162. The van der Waals surface area contributed by atoms with Gasteiger partial charge in [-0.15, -0.1) is 0 Å². The summed E-state index contributed by atoms with van der Waals surface area (Å²) in [6, 6.07) is 40.3. The molecule has 0 aliphatic heterocycles. The zero-order chi connectivity index (χ0) is 70.1. The third-order valence-corrected chi connectivity index (χ3v) is 15.0. The van der Waals surface area contributed by atoms with Gasteiger partial charge in [0.15, 0.2) is 34.9 Å². The highest BCUT2D eigenvalue weighted by Gasteiger charge is 2.46. The van der Waals surface area contributed by atoms with Gasteiger partial charge in [0.05, 0.1) is 27.6 Å². The van der Waals surface area contributed by atoms with Crippen LogP contribution in [0.2, 0.25) is 0 Å². The molecule has 0 saturated carbocycles. The van der Waals surface area contributed by atoms with Gasteiger partial charge in [-0.1, -0.05) is 114 Å². The average molecular weight is 1300 g/mol. The second-order valence-corrected chi connectivity index (χ2v) is 22.5. The molecule has 0 bridgehead atoms. The molecule has 0 N–H and O–H groups in total. The SMILES string of the molecule is Cc1cc2ccc(C)c(F)c2c(F)c1F.Cc1ccc(C)c(C#N)c1C#N.Cc1ccc(C)c(C(F)(F)F)c1C(F)(F)F.Cc1ccc(C)c(F)c1.Cc1ccc(C)c(F)c1F.Cc1ccc2c(c1)C(F)(F)c1cc(C)ccc1-2.Cc1ccc2cc(C)c(F)c(F)c2c1. The Bertz CT molecular complexity index is 4350. The first kappa shape index (κ1) is 74.3. The first-order valence-electron chi connectivity index (χ1n) is 28.5. The minimum absolute atomic E-state index is 0.116. The highest BCUT2D eigenvalue weighted by molar-refractivity contribution is 5.86. The number of halogens is 16. The summed E-state index contributed by atoms with van der Waals surface area (Å²) in [6.45, 7) is 22.5. The van der Waals surface area contributed by atoms with Gasteiger partial charge in [-0.3, -0.25) is 0 Å². The van der Waals surface area contributed by atoms with Crippen molar-refractivity contribution in [3.8, 4) is 23.3 Å². The van der Waals surface area contributed by atoms with Gasteiger partial charge >= 0.3 is 12.4 Å². The molecule has 0 unspecified atom stereocenters. The minimum Gasteiger partial charge on any atom is -0.207 e. The largest absolute Gasteiger partial charge is 0.417 e. The lowest BCUT2D eigenvalue weighted by Gasteiger charge is -2.19. The third-order valence-electron chi connectivity index (χ3n) is 15.0. The molecule has 0 spiro atoms. The van der Waals surface area contributed by atoms with E-state index in [9.17, 15) is 70.2 Å². The molecule has 2 nitrogen and oxygen atoms in total. The van der Waals surface area contributed by atoms with Crippen molar-refractivity contribution >= 4 is 21.5 Å². The summed E-state index contributed by atoms with van der Waals surface area (Å²) in [5.41, 5.74) is 6.16. The molecule has 0 heterocycles. The quantitative estimate of drug-likeness (QED) is 0.142. The molecule has 0 atom stereocenters. The third kappa shape index (κ3) is 17.6. The van der Waals surface area contributed by atoms with E-state index in [0.29, 0.717) is 60.8 Å². The number of nitrogens with zero attached hydrogens (tertiary/aromatic N) is 2. The van der Waals surface area contributed by atoms with Gasteiger partial charge in [-0.2, -0.15) is 45.6 Å². The van der Waals surface area contributed by atoms with Crippen LogP contribution in [-0.4, -0.2) is 0 Å². The molecule has 10 aromatic carbocycles. The Labute approximate surface area is 530 Å². The van der Waals surface area contributed by atoms with Crippen molar-refractivity contribution in [3.63, 3.8) is 0 Å². The van der Waals surface area contributed by atoms with Crippen molar-refractivity contribution in [1.29, 1.82) is 10.5 Å². The number of fused-ring (bicyclic) bond motifs is 5. The van der Waals surface area contributed by atoms with E-state index in [1.54, 1.807) is 86.6 Å². The van der Waals surface area contributed by atoms with Crippen molar-refractivity contribution < 1.29 is 70.2 Å². The maximum absolute atomic E-state index is 14.3. The molecule has 0 amide bonds. The Morgan fingerprint density at radius 1 is 0.312 bits per heavy atom. The van der Waals surface area contributed by atoms with Crippen LogP contribution in [0.3, 0.4) is 0 Å². The van der Waals surface area contributed by atoms with Gasteiger partial charge in [0, 0.05) is 16.5 Å². The van der Waals surface area contributed by atoms with Crippen LogP contribution < -0.4 is 0 Å². The van der Waals surface area contributed by atoms with Crippen molar-refractivity contribution in [2.45, 2.75) is 115 Å².